The lowest BCUT2D eigenvalue weighted by molar-refractivity contribution is -0.121. The van der Waals surface area contributed by atoms with Crippen molar-refractivity contribution in [3.63, 3.8) is 0 Å². The van der Waals surface area contributed by atoms with E-state index in [4.69, 9.17) is 18.9 Å². The predicted molar refractivity (Wildman–Crippen MR) is 133 cm³/mol. The Bertz CT molecular complexity index is 1200. The number of anilines is 2. The highest BCUT2D eigenvalue weighted by molar-refractivity contribution is 6.09. The zero-order valence-corrected chi connectivity index (χ0v) is 20.0. The second-order valence-electron chi connectivity index (χ2n) is 8.03. The highest BCUT2D eigenvalue weighted by atomic mass is 16.5. The van der Waals surface area contributed by atoms with Gasteiger partial charge < -0.3 is 29.2 Å². The molecule has 2 amide bonds. The summed E-state index contributed by atoms with van der Waals surface area (Å²) in [4.78, 5) is 27.3. The Morgan fingerprint density at radius 3 is 2.49 bits per heavy atom. The largest absolute Gasteiger partial charge is 0.496 e. The smallest absolute Gasteiger partial charge is 0.265 e. The summed E-state index contributed by atoms with van der Waals surface area (Å²) >= 11 is 0. The number of hydrogen-bond donors (Lipinski definition) is 1. The molecule has 0 saturated heterocycles. The molecule has 8 heteroatoms. The Labute approximate surface area is 204 Å². The summed E-state index contributed by atoms with van der Waals surface area (Å²) < 4.78 is 22.1. The van der Waals surface area contributed by atoms with Gasteiger partial charge in [-0.2, -0.15) is 0 Å². The number of carbonyl (C=O) groups is 2. The molecule has 0 radical (unpaired) electrons. The summed E-state index contributed by atoms with van der Waals surface area (Å²) in [7, 11) is 2.99. The average molecular weight is 477 g/mol. The monoisotopic (exact) mass is 476 g/mol. The van der Waals surface area contributed by atoms with E-state index in [1.807, 2.05) is 31.2 Å². The second kappa shape index (κ2) is 10.8. The number of methoxy groups -OCH3 is 2. The van der Waals surface area contributed by atoms with Crippen LogP contribution in [0.4, 0.5) is 11.4 Å². The van der Waals surface area contributed by atoms with Crippen molar-refractivity contribution in [3.8, 4) is 23.0 Å². The Morgan fingerprint density at radius 1 is 1.03 bits per heavy atom. The van der Waals surface area contributed by atoms with Crippen LogP contribution in [0.15, 0.2) is 60.7 Å². The van der Waals surface area contributed by atoms with Gasteiger partial charge >= 0.3 is 0 Å². The molecule has 3 aromatic rings. The van der Waals surface area contributed by atoms with Crippen LogP contribution >= 0.6 is 0 Å². The average Bonchev–Trinajstić information content (AvgIpc) is 2.87. The molecule has 182 valence electrons. The number of nitrogens with one attached hydrogen (secondary N) is 1. The quantitative estimate of drug-likeness (QED) is 0.459. The van der Waals surface area contributed by atoms with Crippen molar-refractivity contribution in [1.29, 1.82) is 0 Å². The van der Waals surface area contributed by atoms with Gasteiger partial charge in [0.25, 0.3) is 11.8 Å². The van der Waals surface area contributed by atoms with E-state index in [0.717, 1.165) is 11.3 Å². The van der Waals surface area contributed by atoms with Gasteiger partial charge in [0, 0.05) is 12.2 Å². The van der Waals surface area contributed by atoms with E-state index >= 15 is 0 Å². The molecular formula is C27H28N2O6. The van der Waals surface area contributed by atoms with Crippen LogP contribution < -0.4 is 29.2 Å². The Balaban J connectivity index is 1.47. The molecular weight excluding hydrogens is 448 g/mol. The summed E-state index contributed by atoms with van der Waals surface area (Å²) in [5.74, 6) is 1.64. The SMILES string of the molecule is COc1cccc(OC)c1C(=O)Nc1ccc2c(c1)N(CCCOc1cccc(C)c1)C(=O)CO2. The molecule has 0 aliphatic carbocycles. The van der Waals surface area contributed by atoms with Crippen LogP contribution in [0.1, 0.15) is 22.3 Å². The van der Waals surface area contributed by atoms with E-state index in [-0.39, 0.29) is 24.0 Å². The molecule has 0 aromatic heterocycles. The van der Waals surface area contributed by atoms with Gasteiger partial charge in [0.05, 0.1) is 26.5 Å². The zero-order chi connectivity index (χ0) is 24.8. The van der Waals surface area contributed by atoms with Gasteiger partial charge in [-0.3, -0.25) is 9.59 Å². The third-order valence-corrected chi connectivity index (χ3v) is 5.60. The lowest BCUT2D eigenvalue weighted by Gasteiger charge is -2.30. The van der Waals surface area contributed by atoms with Gasteiger partial charge in [-0.25, -0.2) is 0 Å². The molecule has 1 aliphatic rings. The van der Waals surface area contributed by atoms with E-state index in [0.29, 0.717) is 48.2 Å². The number of rotatable bonds is 9. The van der Waals surface area contributed by atoms with Gasteiger partial charge in [-0.15, -0.1) is 0 Å². The topological polar surface area (TPSA) is 86.3 Å². The Morgan fingerprint density at radius 2 is 1.77 bits per heavy atom. The van der Waals surface area contributed by atoms with Gasteiger partial charge in [0.2, 0.25) is 0 Å². The van der Waals surface area contributed by atoms with Crippen LogP contribution in [0.25, 0.3) is 0 Å². The van der Waals surface area contributed by atoms with Crippen molar-refractivity contribution in [3.05, 3.63) is 71.8 Å². The molecule has 0 unspecified atom stereocenters. The molecule has 0 saturated carbocycles. The van der Waals surface area contributed by atoms with Crippen LogP contribution in [0.2, 0.25) is 0 Å². The van der Waals surface area contributed by atoms with Crippen LogP contribution in [-0.4, -0.2) is 45.8 Å². The van der Waals surface area contributed by atoms with Crippen LogP contribution in [0, 0.1) is 6.92 Å². The van der Waals surface area contributed by atoms with Gasteiger partial charge in [0.15, 0.2) is 6.61 Å². The first kappa shape index (κ1) is 23.9. The first-order valence-corrected chi connectivity index (χ1v) is 11.3. The second-order valence-corrected chi connectivity index (χ2v) is 8.03. The summed E-state index contributed by atoms with van der Waals surface area (Å²) in [6, 6.07) is 18.2. The molecule has 0 spiro atoms. The molecule has 0 bridgehead atoms. The predicted octanol–water partition coefficient (Wildman–Crippen LogP) is 4.46. The molecule has 1 aliphatic heterocycles. The Kier molecular flexibility index (Phi) is 7.40. The van der Waals surface area contributed by atoms with Crippen LogP contribution in [0.5, 0.6) is 23.0 Å². The van der Waals surface area contributed by atoms with Crippen molar-refractivity contribution in [1.82, 2.24) is 0 Å². The lowest BCUT2D eigenvalue weighted by Crippen LogP contribution is -2.39. The number of carbonyl (C=O) groups excluding carboxylic acids is 2. The van der Waals surface area contributed by atoms with E-state index in [9.17, 15) is 9.59 Å². The number of nitrogens with zero attached hydrogens (tertiary/aromatic N) is 1. The molecule has 8 nitrogen and oxygen atoms in total. The molecule has 4 rings (SSSR count). The first-order chi connectivity index (χ1) is 17.0. The maximum atomic E-state index is 13.1. The fourth-order valence-corrected chi connectivity index (χ4v) is 3.91. The molecule has 0 fully saturated rings. The van der Waals surface area contributed by atoms with Crippen molar-refractivity contribution in [2.24, 2.45) is 0 Å². The standard InChI is InChI=1S/C27H28N2O6/c1-18-7-4-8-20(15-18)34-14-6-13-29-21-16-19(11-12-22(21)35-17-25(29)30)28-27(31)26-23(32-2)9-5-10-24(26)33-3/h4-5,7-12,15-16H,6,13-14,17H2,1-3H3,(H,28,31). The third kappa shape index (κ3) is 5.48. The molecule has 0 atom stereocenters. The van der Waals surface area contributed by atoms with Crippen molar-refractivity contribution >= 4 is 23.2 Å². The van der Waals surface area contributed by atoms with Crippen molar-refractivity contribution < 1.29 is 28.5 Å². The van der Waals surface area contributed by atoms with E-state index in [1.165, 1.54) is 14.2 Å². The maximum absolute atomic E-state index is 13.1. The molecule has 3 aromatic carbocycles. The minimum atomic E-state index is -0.389. The van der Waals surface area contributed by atoms with E-state index in [1.54, 1.807) is 41.3 Å². The number of ether oxygens (including phenoxy) is 4. The Hall–Kier alpha value is -4.20. The van der Waals surface area contributed by atoms with Gasteiger partial charge in [-0.05, 0) is 61.4 Å². The minimum Gasteiger partial charge on any atom is -0.496 e. The normalized spacial score (nSPS) is 12.4. The molecule has 35 heavy (non-hydrogen) atoms. The van der Waals surface area contributed by atoms with Crippen molar-refractivity contribution in [2.45, 2.75) is 13.3 Å². The van der Waals surface area contributed by atoms with Crippen molar-refractivity contribution in [2.75, 3.05) is 44.2 Å². The number of hydrogen-bond acceptors (Lipinski definition) is 6. The number of fused-ring (bicyclic) bond motifs is 1. The summed E-state index contributed by atoms with van der Waals surface area (Å²) in [5.41, 5.74) is 2.52. The summed E-state index contributed by atoms with van der Waals surface area (Å²) in [6.07, 6.45) is 0.633. The van der Waals surface area contributed by atoms with Gasteiger partial charge in [0.1, 0.15) is 28.6 Å². The highest BCUT2D eigenvalue weighted by Crippen LogP contribution is 2.36. The van der Waals surface area contributed by atoms with Crippen LogP contribution in [0.3, 0.4) is 0 Å². The first-order valence-electron chi connectivity index (χ1n) is 11.3. The third-order valence-electron chi connectivity index (χ3n) is 5.60. The fraction of sp³-hybridized carbons (Fsp3) is 0.259. The van der Waals surface area contributed by atoms with E-state index in [2.05, 4.69) is 5.32 Å². The molecule has 1 heterocycles. The summed E-state index contributed by atoms with van der Waals surface area (Å²) in [5, 5.41) is 2.87. The molecule has 1 N–H and O–H groups in total. The number of aryl methyl sites for hydroxylation is 1. The number of amides is 2. The summed E-state index contributed by atoms with van der Waals surface area (Å²) in [6.45, 7) is 2.90. The minimum absolute atomic E-state index is 0.0319. The maximum Gasteiger partial charge on any atom is 0.265 e. The zero-order valence-electron chi connectivity index (χ0n) is 20.0. The van der Waals surface area contributed by atoms with E-state index < -0.39 is 0 Å². The fourth-order valence-electron chi connectivity index (χ4n) is 3.91. The van der Waals surface area contributed by atoms with Crippen LogP contribution in [-0.2, 0) is 4.79 Å². The van der Waals surface area contributed by atoms with Gasteiger partial charge in [-0.1, -0.05) is 18.2 Å². The number of benzene rings is 3. The highest BCUT2D eigenvalue weighted by Gasteiger charge is 2.26. The lowest BCUT2D eigenvalue weighted by atomic mass is 10.1.